The van der Waals surface area contributed by atoms with Crippen molar-refractivity contribution in [3.8, 4) is 11.1 Å². The zero-order valence-electron chi connectivity index (χ0n) is 9.07. The van der Waals surface area contributed by atoms with Crippen LogP contribution in [0.1, 0.15) is 11.3 Å². The van der Waals surface area contributed by atoms with Crippen LogP contribution in [0.25, 0.3) is 11.1 Å². The fourth-order valence-corrected chi connectivity index (χ4v) is 1.79. The molecule has 0 atom stereocenters. The first-order chi connectivity index (χ1) is 7.70. The Hall–Kier alpha value is -1.38. The summed E-state index contributed by atoms with van der Waals surface area (Å²) in [6.45, 7) is 2.46. The Labute approximate surface area is 100 Å². The summed E-state index contributed by atoms with van der Waals surface area (Å²) in [5, 5.41) is 0.716. The molecule has 0 fully saturated rings. The highest BCUT2D eigenvalue weighted by atomic mass is 35.5. The second-order valence-corrected chi connectivity index (χ2v) is 4.13. The minimum atomic E-state index is 0.500. The largest absolute Gasteiger partial charge is 0.326 e. The number of hydrogen-bond acceptors (Lipinski definition) is 2. The predicted octanol–water partition coefficient (Wildman–Crippen LogP) is 3.17. The fourth-order valence-electron chi connectivity index (χ4n) is 1.62. The number of aryl methyl sites for hydroxylation is 1. The molecule has 0 amide bonds. The van der Waals surface area contributed by atoms with E-state index in [9.17, 15) is 0 Å². The molecule has 0 bridgehead atoms. The quantitative estimate of drug-likeness (QED) is 0.864. The van der Waals surface area contributed by atoms with Gasteiger partial charge in [0.25, 0.3) is 0 Å². The van der Waals surface area contributed by atoms with Gasteiger partial charge in [0, 0.05) is 29.0 Å². The molecule has 2 rings (SSSR count). The van der Waals surface area contributed by atoms with Crippen molar-refractivity contribution in [2.24, 2.45) is 5.73 Å². The number of nitrogens with zero attached hydrogens (tertiary/aromatic N) is 1. The van der Waals surface area contributed by atoms with E-state index >= 15 is 0 Å². The molecule has 1 heterocycles. The number of nitrogens with two attached hydrogens (primary N) is 1. The van der Waals surface area contributed by atoms with Crippen molar-refractivity contribution in [3.63, 3.8) is 0 Å². The molecule has 2 nitrogen and oxygen atoms in total. The minimum Gasteiger partial charge on any atom is -0.326 e. The highest BCUT2D eigenvalue weighted by Gasteiger charge is 2.05. The lowest BCUT2D eigenvalue weighted by molar-refractivity contribution is 1.07. The molecule has 2 N–H and O–H groups in total. The predicted molar refractivity (Wildman–Crippen MR) is 67.3 cm³/mol. The lowest BCUT2D eigenvalue weighted by Crippen LogP contribution is -1.99. The molecule has 0 radical (unpaired) electrons. The summed E-state index contributed by atoms with van der Waals surface area (Å²) >= 11 is 5.99. The van der Waals surface area contributed by atoms with Crippen molar-refractivity contribution >= 4 is 11.6 Å². The van der Waals surface area contributed by atoms with Crippen LogP contribution in [-0.4, -0.2) is 4.98 Å². The third kappa shape index (κ3) is 2.23. The van der Waals surface area contributed by atoms with Gasteiger partial charge in [0.15, 0.2) is 0 Å². The average Bonchev–Trinajstić information content (AvgIpc) is 2.30. The second kappa shape index (κ2) is 4.64. The maximum atomic E-state index is 5.99. The van der Waals surface area contributed by atoms with E-state index in [-0.39, 0.29) is 0 Å². The highest BCUT2D eigenvalue weighted by Crippen LogP contribution is 2.26. The number of pyridine rings is 1. The van der Waals surface area contributed by atoms with E-state index in [2.05, 4.69) is 4.98 Å². The molecule has 0 aliphatic rings. The SMILES string of the molecule is Cc1ccc(-c2cc(Cl)ccc2CN)cn1. The maximum Gasteiger partial charge on any atom is 0.0412 e. The lowest BCUT2D eigenvalue weighted by atomic mass is 10.0. The number of benzene rings is 1. The standard InChI is InChI=1S/C13H13ClN2/c1-9-2-3-11(8-16-9)13-6-12(14)5-4-10(13)7-15/h2-6,8H,7,15H2,1H3. The van der Waals surface area contributed by atoms with E-state index in [4.69, 9.17) is 17.3 Å². The van der Waals surface area contributed by atoms with Crippen molar-refractivity contribution in [2.45, 2.75) is 13.5 Å². The molecule has 0 unspecified atom stereocenters. The Morgan fingerprint density at radius 2 is 2.06 bits per heavy atom. The van der Waals surface area contributed by atoms with Crippen LogP contribution in [0.3, 0.4) is 0 Å². The monoisotopic (exact) mass is 232 g/mol. The summed E-state index contributed by atoms with van der Waals surface area (Å²) in [5.74, 6) is 0. The van der Waals surface area contributed by atoms with Crippen molar-refractivity contribution in [1.82, 2.24) is 4.98 Å². The van der Waals surface area contributed by atoms with Crippen molar-refractivity contribution in [3.05, 3.63) is 52.8 Å². The molecule has 0 saturated heterocycles. The van der Waals surface area contributed by atoms with Crippen molar-refractivity contribution in [2.75, 3.05) is 0 Å². The van der Waals surface area contributed by atoms with E-state index < -0.39 is 0 Å². The fraction of sp³-hybridized carbons (Fsp3) is 0.154. The molecule has 0 spiro atoms. The second-order valence-electron chi connectivity index (χ2n) is 3.69. The molecule has 1 aromatic heterocycles. The zero-order chi connectivity index (χ0) is 11.5. The van der Waals surface area contributed by atoms with Crippen molar-refractivity contribution < 1.29 is 0 Å². The minimum absolute atomic E-state index is 0.500. The van der Waals surface area contributed by atoms with Crippen molar-refractivity contribution in [1.29, 1.82) is 0 Å². The number of halogens is 1. The number of hydrogen-bond donors (Lipinski definition) is 1. The lowest BCUT2D eigenvalue weighted by Gasteiger charge is -2.08. The summed E-state index contributed by atoms with van der Waals surface area (Å²) in [4.78, 5) is 4.28. The molecule has 3 heteroatoms. The molecule has 1 aromatic carbocycles. The average molecular weight is 233 g/mol. The third-order valence-corrected chi connectivity index (χ3v) is 2.75. The smallest absolute Gasteiger partial charge is 0.0412 e. The number of rotatable bonds is 2. The van der Waals surface area contributed by atoms with Crippen LogP contribution in [0.4, 0.5) is 0 Å². The van der Waals surface area contributed by atoms with Gasteiger partial charge in [-0.1, -0.05) is 23.7 Å². The van der Waals surface area contributed by atoms with Gasteiger partial charge in [-0.05, 0) is 36.2 Å². The van der Waals surface area contributed by atoms with Crippen LogP contribution in [0.2, 0.25) is 5.02 Å². The number of aromatic nitrogens is 1. The van der Waals surface area contributed by atoms with Crippen LogP contribution < -0.4 is 5.73 Å². The van der Waals surface area contributed by atoms with Gasteiger partial charge < -0.3 is 5.73 Å². The Morgan fingerprint density at radius 1 is 1.25 bits per heavy atom. The Morgan fingerprint density at radius 3 is 2.69 bits per heavy atom. The summed E-state index contributed by atoms with van der Waals surface area (Å²) < 4.78 is 0. The summed E-state index contributed by atoms with van der Waals surface area (Å²) in [5.41, 5.74) is 9.89. The van der Waals surface area contributed by atoms with Crippen LogP contribution in [0.5, 0.6) is 0 Å². The van der Waals surface area contributed by atoms with Gasteiger partial charge in [-0.25, -0.2) is 0 Å². The van der Waals surface area contributed by atoms with Crippen LogP contribution in [0.15, 0.2) is 36.5 Å². The summed E-state index contributed by atoms with van der Waals surface area (Å²) in [6, 6.07) is 9.76. The normalized spacial score (nSPS) is 10.4. The summed E-state index contributed by atoms with van der Waals surface area (Å²) in [7, 11) is 0. The molecule has 16 heavy (non-hydrogen) atoms. The molecule has 0 aliphatic carbocycles. The highest BCUT2D eigenvalue weighted by molar-refractivity contribution is 6.30. The van der Waals surface area contributed by atoms with Gasteiger partial charge in [-0.3, -0.25) is 4.98 Å². The van der Waals surface area contributed by atoms with E-state index in [0.29, 0.717) is 11.6 Å². The van der Waals surface area contributed by atoms with Crippen LogP contribution in [0, 0.1) is 6.92 Å². The van der Waals surface area contributed by atoms with E-state index in [1.54, 1.807) is 0 Å². The van der Waals surface area contributed by atoms with E-state index in [0.717, 1.165) is 22.4 Å². The Bertz CT molecular complexity index is 492. The van der Waals surface area contributed by atoms with Crippen LogP contribution in [-0.2, 0) is 6.54 Å². The van der Waals surface area contributed by atoms with Gasteiger partial charge in [-0.15, -0.1) is 0 Å². The first kappa shape index (κ1) is 11.1. The molecule has 0 aliphatic heterocycles. The molecular weight excluding hydrogens is 220 g/mol. The van der Waals surface area contributed by atoms with Crippen LogP contribution >= 0.6 is 11.6 Å². The van der Waals surface area contributed by atoms with Gasteiger partial charge in [0.1, 0.15) is 0 Å². The van der Waals surface area contributed by atoms with Gasteiger partial charge >= 0.3 is 0 Å². The summed E-state index contributed by atoms with van der Waals surface area (Å²) in [6.07, 6.45) is 1.85. The van der Waals surface area contributed by atoms with E-state index in [1.807, 2.05) is 43.5 Å². The van der Waals surface area contributed by atoms with Gasteiger partial charge in [0.2, 0.25) is 0 Å². The molecular formula is C13H13ClN2. The first-order valence-corrected chi connectivity index (χ1v) is 5.50. The maximum absolute atomic E-state index is 5.99. The Kier molecular flexibility index (Phi) is 3.22. The third-order valence-electron chi connectivity index (χ3n) is 2.51. The van der Waals surface area contributed by atoms with Gasteiger partial charge in [-0.2, -0.15) is 0 Å². The Balaban J connectivity index is 2.53. The zero-order valence-corrected chi connectivity index (χ0v) is 9.83. The van der Waals surface area contributed by atoms with Gasteiger partial charge in [0.05, 0.1) is 0 Å². The van der Waals surface area contributed by atoms with E-state index in [1.165, 1.54) is 0 Å². The molecule has 2 aromatic rings. The first-order valence-electron chi connectivity index (χ1n) is 5.12. The molecule has 0 saturated carbocycles. The topological polar surface area (TPSA) is 38.9 Å². The molecule has 82 valence electrons.